The largest absolute Gasteiger partial charge is 0.349 e. The molecule has 1 amide bonds. The van der Waals surface area contributed by atoms with Crippen molar-refractivity contribution in [2.75, 3.05) is 6.54 Å². The Balaban J connectivity index is 1.84. The summed E-state index contributed by atoms with van der Waals surface area (Å²) in [5, 5.41) is 3.45. The summed E-state index contributed by atoms with van der Waals surface area (Å²) in [6, 6.07) is 16.8. The van der Waals surface area contributed by atoms with Crippen LogP contribution in [0.5, 0.6) is 0 Å². The van der Waals surface area contributed by atoms with Crippen LogP contribution < -0.4 is 5.32 Å². The third kappa shape index (κ3) is 4.27. The molecule has 0 aliphatic carbocycles. The lowest BCUT2D eigenvalue weighted by Crippen LogP contribution is -2.23. The van der Waals surface area contributed by atoms with E-state index in [2.05, 4.69) is 5.32 Å². The lowest BCUT2D eigenvalue weighted by molar-refractivity contribution is 0.0958. The number of carbonyl (C=O) groups is 1. The second kappa shape index (κ2) is 6.76. The summed E-state index contributed by atoms with van der Waals surface area (Å²) < 4.78 is 0. The molecule has 0 unspecified atom stereocenters. The molecule has 3 heteroatoms. The van der Waals surface area contributed by atoms with E-state index in [1.54, 1.807) is 24.3 Å². The standard InChI is InChI=1S/C16H14ClNO/c17-15-10-8-14(9-11-15)16(19)18-12-4-7-13-5-2-1-3-6-13/h1-11H,12H2,(H,18,19). The highest BCUT2D eigenvalue weighted by Gasteiger charge is 2.02. The van der Waals surface area contributed by atoms with E-state index in [1.165, 1.54) is 0 Å². The maximum atomic E-state index is 11.8. The zero-order valence-electron chi connectivity index (χ0n) is 10.3. The van der Waals surface area contributed by atoms with E-state index in [9.17, 15) is 4.79 Å². The van der Waals surface area contributed by atoms with Gasteiger partial charge < -0.3 is 5.32 Å². The van der Waals surface area contributed by atoms with Crippen molar-refractivity contribution in [3.05, 3.63) is 76.8 Å². The predicted octanol–water partition coefficient (Wildman–Crippen LogP) is 3.78. The summed E-state index contributed by atoms with van der Waals surface area (Å²) in [5.74, 6) is -0.102. The fourth-order valence-corrected chi connectivity index (χ4v) is 1.74. The average Bonchev–Trinajstić information content (AvgIpc) is 2.45. The van der Waals surface area contributed by atoms with Crippen LogP contribution in [-0.4, -0.2) is 12.5 Å². The first-order valence-electron chi connectivity index (χ1n) is 6.01. The van der Waals surface area contributed by atoms with Crippen LogP contribution in [0, 0.1) is 0 Å². The van der Waals surface area contributed by atoms with Gasteiger partial charge in [0.25, 0.3) is 5.91 Å². The highest BCUT2D eigenvalue weighted by Crippen LogP contribution is 2.09. The maximum absolute atomic E-state index is 11.8. The van der Waals surface area contributed by atoms with Gasteiger partial charge in [-0.25, -0.2) is 0 Å². The number of benzene rings is 2. The minimum Gasteiger partial charge on any atom is -0.349 e. The van der Waals surface area contributed by atoms with E-state index >= 15 is 0 Å². The van der Waals surface area contributed by atoms with Gasteiger partial charge in [-0.1, -0.05) is 54.1 Å². The van der Waals surface area contributed by atoms with Gasteiger partial charge in [0.2, 0.25) is 0 Å². The fraction of sp³-hybridized carbons (Fsp3) is 0.0625. The molecule has 0 aliphatic heterocycles. The van der Waals surface area contributed by atoms with E-state index < -0.39 is 0 Å². The number of hydrogen-bond donors (Lipinski definition) is 1. The van der Waals surface area contributed by atoms with Gasteiger partial charge in [-0.05, 0) is 29.8 Å². The van der Waals surface area contributed by atoms with Crippen molar-refractivity contribution >= 4 is 23.6 Å². The summed E-state index contributed by atoms with van der Waals surface area (Å²) in [7, 11) is 0. The third-order valence-electron chi connectivity index (χ3n) is 2.60. The molecule has 0 fully saturated rings. The van der Waals surface area contributed by atoms with E-state index in [-0.39, 0.29) is 5.91 Å². The van der Waals surface area contributed by atoms with Crippen LogP contribution in [0.4, 0.5) is 0 Å². The first-order valence-corrected chi connectivity index (χ1v) is 6.39. The Labute approximate surface area is 117 Å². The van der Waals surface area contributed by atoms with Crippen molar-refractivity contribution < 1.29 is 4.79 Å². The molecule has 0 saturated carbocycles. The molecule has 0 aromatic heterocycles. The number of amides is 1. The molecule has 2 nitrogen and oxygen atoms in total. The van der Waals surface area contributed by atoms with Crippen molar-refractivity contribution in [3.63, 3.8) is 0 Å². The maximum Gasteiger partial charge on any atom is 0.251 e. The smallest absolute Gasteiger partial charge is 0.251 e. The molecule has 2 aromatic carbocycles. The van der Waals surface area contributed by atoms with Crippen LogP contribution in [0.1, 0.15) is 15.9 Å². The minimum absolute atomic E-state index is 0.102. The van der Waals surface area contributed by atoms with Crippen LogP contribution in [0.3, 0.4) is 0 Å². The second-order valence-electron chi connectivity index (χ2n) is 4.03. The highest BCUT2D eigenvalue weighted by molar-refractivity contribution is 6.30. The van der Waals surface area contributed by atoms with Gasteiger partial charge in [0, 0.05) is 17.1 Å². The van der Waals surface area contributed by atoms with Gasteiger partial charge in [-0.2, -0.15) is 0 Å². The second-order valence-corrected chi connectivity index (χ2v) is 4.47. The van der Waals surface area contributed by atoms with Crippen LogP contribution in [0.25, 0.3) is 6.08 Å². The zero-order valence-corrected chi connectivity index (χ0v) is 11.1. The first kappa shape index (κ1) is 13.4. The lowest BCUT2D eigenvalue weighted by Gasteiger charge is -2.02. The average molecular weight is 272 g/mol. The predicted molar refractivity (Wildman–Crippen MR) is 79.3 cm³/mol. The summed E-state index contributed by atoms with van der Waals surface area (Å²) >= 11 is 5.77. The van der Waals surface area contributed by atoms with Gasteiger partial charge >= 0.3 is 0 Å². The van der Waals surface area contributed by atoms with Crippen molar-refractivity contribution in [3.8, 4) is 0 Å². The number of carbonyl (C=O) groups excluding carboxylic acids is 1. The number of hydrogen-bond acceptors (Lipinski definition) is 1. The molecule has 1 N–H and O–H groups in total. The molecule has 0 bridgehead atoms. The van der Waals surface area contributed by atoms with Gasteiger partial charge in [0.1, 0.15) is 0 Å². The Morgan fingerprint density at radius 2 is 1.74 bits per heavy atom. The Morgan fingerprint density at radius 3 is 2.42 bits per heavy atom. The van der Waals surface area contributed by atoms with Crippen molar-refractivity contribution in [1.82, 2.24) is 5.32 Å². The van der Waals surface area contributed by atoms with Crippen molar-refractivity contribution in [2.24, 2.45) is 0 Å². The van der Waals surface area contributed by atoms with E-state index in [4.69, 9.17) is 11.6 Å². The van der Waals surface area contributed by atoms with E-state index in [0.29, 0.717) is 17.1 Å². The number of nitrogens with one attached hydrogen (secondary N) is 1. The Hall–Kier alpha value is -2.06. The Kier molecular flexibility index (Phi) is 4.76. The van der Waals surface area contributed by atoms with Gasteiger partial charge in [0.15, 0.2) is 0 Å². The summed E-state index contributed by atoms with van der Waals surface area (Å²) in [6.45, 7) is 0.496. The van der Waals surface area contributed by atoms with Crippen LogP contribution in [0.2, 0.25) is 5.02 Å². The molecular weight excluding hydrogens is 258 g/mol. The Morgan fingerprint density at radius 1 is 1.05 bits per heavy atom. The fourth-order valence-electron chi connectivity index (χ4n) is 1.61. The van der Waals surface area contributed by atoms with Crippen molar-refractivity contribution in [2.45, 2.75) is 0 Å². The normalized spacial score (nSPS) is 10.6. The molecular formula is C16H14ClNO. The quantitative estimate of drug-likeness (QED) is 0.901. The SMILES string of the molecule is O=C(NCC=Cc1ccccc1)c1ccc(Cl)cc1. The van der Waals surface area contributed by atoms with Crippen LogP contribution in [-0.2, 0) is 0 Å². The monoisotopic (exact) mass is 271 g/mol. The van der Waals surface area contributed by atoms with Gasteiger partial charge in [-0.3, -0.25) is 4.79 Å². The minimum atomic E-state index is -0.102. The first-order chi connectivity index (χ1) is 9.25. The molecule has 0 aliphatic rings. The molecule has 0 saturated heterocycles. The number of halogens is 1. The molecule has 0 heterocycles. The van der Waals surface area contributed by atoms with E-state index in [0.717, 1.165) is 5.56 Å². The Bertz CT molecular complexity index is 561. The van der Waals surface area contributed by atoms with Gasteiger partial charge in [0.05, 0.1) is 0 Å². The van der Waals surface area contributed by atoms with Crippen molar-refractivity contribution in [1.29, 1.82) is 0 Å². The molecule has 2 rings (SSSR count). The summed E-state index contributed by atoms with van der Waals surface area (Å²) in [5.41, 5.74) is 1.72. The summed E-state index contributed by atoms with van der Waals surface area (Å²) in [4.78, 5) is 11.8. The molecule has 19 heavy (non-hydrogen) atoms. The van der Waals surface area contributed by atoms with Crippen LogP contribution in [0.15, 0.2) is 60.7 Å². The summed E-state index contributed by atoms with van der Waals surface area (Å²) in [6.07, 6.45) is 3.89. The molecule has 2 aromatic rings. The molecule has 0 radical (unpaired) electrons. The van der Waals surface area contributed by atoms with Crippen LogP contribution >= 0.6 is 11.6 Å². The zero-order chi connectivity index (χ0) is 13.5. The molecule has 0 spiro atoms. The topological polar surface area (TPSA) is 29.1 Å². The third-order valence-corrected chi connectivity index (χ3v) is 2.85. The lowest BCUT2D eigenvalue weighted by atomic mass is 10.2. The number of rotatable bonds is 4. The van der Waals surface area contributed by atoms with E-state index in [1.807, 2.05) is 42.5 Å². The highest BCUT2D eigenvalue weighted by atomic mass is 35.5. The van der Waals surface area contributed by atoms with Gasteiger partial charge in [-0.15, -0.1) is 0 Å². The molecule has 0 atom stereocenters. The molecule has 96 valence electrons.